The van der Waals surface area contributed by atoms with Crippen LogP contribution in [0.5, 0.6) is 0 Å². The van der Waals surface area contributed by atoms with Crippen molar-refractivity contribution in [2.24, 2.45) is 5.41 Å². The van der Waals surface area contributed by atoms with Crippen LogP contribution in [0.1, 0.15) is 36.5 Å². The van der Waals surface area contributed by atoms with Crippen LogP contribution in [0.3, 0.4) is 0 Å². The third kappa shape index (κ3) is 2.30. The van der Waals surface area contributed by atoms with E-state index < -0.39 is 0 Å². The van der Waals surface area contributed by atoms with Gasteiger partial charge in [-0.05, 0) is 48.8 Å². The van der Waals surface area contributed by atoms with Gasteiger partial charge in [0.1, 0.15) is 0 Å². The molecule has 1 heteroatoms. The second kappa shape index (κ2) is 4.58. The van der Waals surface area contributed by atoms with E-state index in [0.717, 1.165) is 0 Å². The first-order valence-corrected chi connectivity index (χ1v) is 6.42. The molecule has 0 unspecified atom stereocenters. The van der Waals surface area contributed by atoms with Gasteiger partial charge in [-0.25, -0.2) is 0 Å². The molecule has 0 aromatic heterocycles. The van der Waals surface area contributed by atoms with Gasteiger partial charge in [0, 0.05) is 13.1 Å². The van der Waals surface area contributed by atoms with Crippen molar-refractivity contribution < 1.29 is 0 Å². The van der Waals surface area contributed by atoms with E-state index >= 15 is 0 Å². The zero-order valence-corrected chi connectivity index (χ0v) is 10.8. The third-order valence-corrected chi connectivity index (χ3v) is 3.93. The largest absolute Gasteiger partial charge is 0.316 e. The monoisotopic (exact) mass is 217 g/mol. The summed E-state index contributed by atoms with van der Waals surface area (Å²) in [6.07, 6.45) is 3.90. The Hall–Kier alpha value is -0.820. The SMILES string of the molecule is CCCC1(Cc2ccc(C)c(C)c2)CNC1. The van der Waals surface area contributed by atoms with Crippen LogP contribution in [0, 0.1) is 19.3 Å². The van der Waals surface area contributed by atoms with Crippen LogP contribution in [-0.4, -0.2) is 13.1 Å². The first-order chi connectivity index (χ1) is 7.65. The second-order valence-corrected chi connectivity index (χ2v) is 5.45. The van der Waals surface area contributed by atoms with Gasteiger partial charge < -0.3 is 5.32 Å². The Balaban J connectivity index is 2.10. The molecule has 88 valence electrons. The van der Waals surface area contributed by atoms with E-state index in [0.29, 0.717) is 5.41 Å². The van der Waals surface area contributed by atoms with Crippen LogP contribution in [0.2, 0.25) is 0 Å². The number of nitrogens with one attached hydrogen (secondary N) is 1. The van der Waals surface area contributed by atoms with Crippen molar-refractivity contribution in [3.05, 3.63) is 34.9 Å². The maximum absolute atomic E-state index is 3.43. The Kier molecular flexibility index (Phi) is 3.34. The Morgan fingerprint density at radius 3 is 2.44 bits per heavy atom. The molecule has 2 rings (SSSR count). The van der Waals surface area contributed by atoms with Gasteiger partial charge in [-0.3, -0.25) is 0 Å². The predicted molar refractivity (Wildman–Crippen MR) is 69.8 cm³/mol. The fourth-order valence-corrected chi connectivity index (χ4v) is 2.75. The normalized spacial score (nSPS) is 18.2. The highest BCUT2D eigenvalue weighted by atomic mass is 15.0. The van der Waals surface area contributed by atoms with Crippen molar-refractivity contribution in [1.29, 1.82) is 0 Å². The van der Waals surface area contributed by atoms with Crippen molar-refractivity contribution in [2.45, 2.75) is 40.0 Å². The van der Waals surface area contributed by atoms with E-state index in [4.69, 9.17) is 0 Å². The fraction of sp³-hybridized carbons (Fsp3) is 0.600. The van der Waals surface area contributed by atoms with Crippen molar-refractivity contribution in [3.63, 3.8) is 0 Å². The highest BCUT2D eigenvalue weighted by molar-refractivity contribution is 5.31. The maximum Gasteiger partial charge on any atom is 0.00234 e. The van der Waals surface area contributed by atoms with Crippen LogP contribution < -0.4 is 5.32 Å². The summed E-state index contributed by atoms with van der Waals surface area (Å²) in [5.74, 6) is 0. The molecule has 1 aromatic carbocycles. The van der Waals surface area contributed by atoms with E-state index in [1.165, 1.54) is 49.0 Å². The summed E-state index contributed by atoms with van der Waals surface area (Å²) in [4.78, 5) is 0. The van der Waals surface area contributed by atoms with Crippen LogP contribution in [0.15, 0.2) is 18.2 Å². The van der Waals surface area contributed by atoms with Gasteiger partial charge in [0.05, 0.1) is 0 Å². The van der Waals surface area contributed by atoms with Crippen molar-refractivity contribution in [3.8, 4) is 0 Å². The van der Waals surface area contributed by atoms with Crippen LogP contribution in [-0.2, 0) is 6.42 Å². The van der Waals surface area contributed by atoms with Gasteiger partial charge >= 0.3 is 0 Å². The number of hydrogen-bond donors (Lipinski definition) is 1. The maximum atomic E-state index is 3.43. The second-order valence-electron chi connectivity index (χ2n) is 5.45. The molecule has 1 aliphatic heterocycles. The van der Waals surface area contributed by atoms with Gasteiger partial charge in [0.2, 0.25) is 0 Å². The molecule has 1 nitrogen and oxygen atoms in total. The first kappa shape index (κ1) is 11.7. The zero-order valence-electron chi connectivity index (χ0n) is 10.8. The fourth-order valence-electron chi connectivity index (χ4n) is 2.75. The molecule has 1 aliphatic rings. The summed E-state index contributed by atoms with van der Waals surface area (Å²) in [5.41, 5.74) is 4.89. The molecule has 0 saturated carbocycles. The molecule has 1 heterocycles. The number of rotatable bonds is 4. The highest BCUT2D eigenvalue weighted by Gasteiger charge is 2.35. The summed E-state index contributed by atoms with van der Waals surface area (Å²) in [5, 5.41) is 3.43. The van der Waals surface area contributed by atoms with Crippen LogP contribution in [0.25, 0.3) is 0 Å². The van der Waals surface area contributed by atoms with E-state index in [1.54, 1.807) is 0 Å². The van der Waals surface area contributed by atoms with E-state index in [2.05, 4.69) is 44.3 Å². The Morgan fingerprint density at radius 2 is 1.94 bits per heavy atom. The molecule has 1 fully saturated rings. The number of aryl methyl sites for hydroxylation is 2. The summed E-state index contributed by atoms with van der Waals surface area (Å²) in [7, 11) is 0. The molecule has 1 saturated heterocycles. The van der Waals surface area contributed by atoms with Crippen LogP contribution in [0.4, 0.5) is 0 Å². The molecule has 1 N–H and O–H groups in total. The molecule has 16 heavy (non-hydrogen) atoms. The lowest BCUT2D eigenvalue weighted by molar-refractivity contribution is 0.151. The Morgan fingerprint density at radius 1 is 1.19 bits per heavy atom. The van der Waals surface area contributed by atoms with Gasteiger partial charge in [-0.1, -0.05) is 31.5 Å². The number of hydrogen-bond acceptors (Lipinski definition) is 1. The molecule has 0 atom stereocenters. The Bertz CT molecular complexity index is 364. The standard InChI is InChI=1S/C15H23N/c1-4-7-15(10-16-11-15)9-14-6-5-12(2)13(3)8-14/h5-6,8,16H,4,7,9-11H2,1-3H3. The quantitative estimate of drug-likeness (QED) is 0.816. The lowest BCUT2D eigenvalue weighted by Crippen LogP contribution is -2.54. The smallest absolute Gasteiger partial charge is 0.00234 e. The third-order valence-electron chi connectivity index (χ3n) is 3.93. The molecule has 0 radical (unpaired) electrons. The van der Waals surface area contributed by atoms with Gasteiger partial charge in [0.15, 0.2) is 0 Å². The highest BCUT2D eigenvalue weighted by Crippen LogP contribution is 2.33. The molecule has 0 bridgehead atoms. The van der Waals surface area contributed by atoms with E-state index in [1.807, 2.05) is 0 Å². The van der Waals surface area contributed by atoms with Crippen molar-refractivity contribution in [1.82, 2.24) is 5.32 Å². The van der Waals surface area contributed by atoms with Gasteiger partial charge in [0.25, 0.3) is 0 Å². The van der Waals surface area contributed by atoms with E-state index in [-0.39, 0.29) is 0 Å². The van der Waals surface area contributed by atoms with Gasteiger partial charge in [-0.2, -0.15) is 0 Å². The summed E-state index contributed by atoms with van der Waals surface area (Å²) in [6.45, 7) is 9.10. The predicted octanol–water partition coefficient (Wildman–Crippen LogP) is 3.24. The van der Waals surface area contributed by atoms with E-state index in [9.17, 15) is 0 Å². The molecule has 0 amide bonds. The zero-order chi connectivity index (χ0) is 11.6. The van der Waals surface area contributed by atoms with Gasteiger partial charge in [-0.15, -0.1) is 0 Å². The lowest BCUT2D eigenvalue weighted by Gasteiger charge is -2.43. The molecule has 0 aliphatic carbocycles. The topological polar surface area (TPSA) is 12.0 Å². The average Bonchev–Trinajstić information content (AvgIpc) is 2.20. The molecule has 0 spiro atoms. The minimum atomic E-state index is 0.552. The van der Waals surface area contributed by atoms with Crippen molar-refractivity contribution >= 4 is 0 Å². The molecular formula is C15H23N. The summed E-state index contributed by atoms with van der Waals surface area (Å²) in [6, 6.07) is 6.93. The summed E-state index contributed by atoms with van der Waals surface area (Å²) < 4.78 is 0. The lowest BCUT2D eigenvalue weighted by atomic mass is 9.73. The number of benzene rings is 1. The first-order valence-electron chi connectivity index (χ1n) is 6.42. The van der Waals surface area contributed by atoms with Crippen LogP contribution >= 0.6 is 0 Å². The Labute approximate surface area is 99.3 Å². The average molecular weight is 217 g/mol. The summed E-state index contributed by atoms with van der Waals surface area (Å²) >= 11 is 0. The minimum absolute atomic E-state index is 0.552. The minimum Gasteiger partial charge on any atom is -0.316 e. The molecular weight excluding hydrogens is 194 g/mol. The van der Waals surface area contributed by atoms with Crippen molar-refractivity contribution in [2.75, 3.05) is 13.1 Å². The molecule has 1 aromatic rings.